The number of rotatable bonds is 6. The molecule has 0 aliphatic heterocycles. The van der Waals surface area contributed by atoms with Crippen LogP contribution < -0.4 is 16.4 Å². The third kappa shape index (κ3) is 3.41. The standard InChI is InChI=1S/C21H26FN5O/c1-3-12-5-4-6-14(8-12)25-21-24-10-16(22)20(27-21)26-18-15-9-13(7-11(15)2)17(18)19(23)28/h4-6,8,10-11,13,15,17-18H,3,7,9H2,1-2H3,(H2,23,28)(H2,24,25,26,27). The summed E-state index contributed by atoms with van der Waals surface area (Å²) >= 11 is 0. The van der Waals surface area contributed by atoms with Crippen molar-refractivity contribution in [2.75, 3.05) is 10.6 Å². The van der Waals surface area contributed by atoms with E-state index in [9.17, 15) is 9.18 Å². The average Bonchev–Trinajstić information content (AvgIpc) is 3.21. The highest BCUT2D eigenvalue weighted by Crippen LogP contribution is 2.52. The Balaban J connectivity index is 1.56. The van der Waals surface area contributed by atoms with Gasteiger partial charge in [0, 0.05) is 11.7 Å². The summed E-state index contributed by atoms with van der Waals surface area (Å²) in [4.78, 5) is 20.4. The van der Waals surface area contributed by atoms with E-state index in [1.165, 1.54) is 5.56 Å². The van der Waals surface area contributed by atoms with E-state index in [2.05, 4.69) is 34.4 Å². The fourth-order valence-electron chi connectivity index (χ4n) is 4.97. The molecule has 28 heavy (non-hydrogen) atoms. The van der Waals surface area contributed by atoms with E-state index in [4.69, 9.17) is 5.73 Å². The first-order chi connectivity index (χ1) is 13.5. The normalized spacial score (nSPS) is 28.3. The van der Waals surface area contributed by atoms with E-state index in [1.54, 1.807) is 0 Å². The van der Waals surface area contributed by atoms with Crippen LogP contribution in [0.15, 0.2) is 30.5 Å². The van der Waals surface area contributed by atoms with Crippen LogP contribution >= 0.6 is 0 Å². The van der Waals surface area contributed by atoms with Crippen molar-refractivity contribution < 1.29 is 9.18 Å². The Morgan fingerprint density at radius 2 is 2.18 bits per heavy atom. The number of nitrogens with one attached hydrogen (secondary N) is 2. The molecular formula is C21H26FN5O. The summed E-state index contributed by atoms with van der Waals surface area (Å²) in [6.45, 7) is 4.27. The molecule has 1 amide bonds. The zero-order valence-corrected chi connectivity index (χ0v) is 16.2. The number of carbonyl (C=O) groups excluding carboxylic acids is 1. The van der Waals surface area contributed by atoms with Crippen molar-refractivity contribution in [2.24, 2.45) is 29.4 Å². The van der Waals surface area contributed by atoms with E-state index >= 15 is 0 Å². The van der Waals surface area contributed by atoms with E-state index < -0.39 is 5.82 Å². The lowest BCUT2D eigenvalue weighted by Gasteiger charge is -2.33. The second-order valence-corrected chi connectivity index (χ2v) is 8.04. The largest absolute Gasteiger partial charge is 0.369 e. The smallest absolute Gasteiger partial charge is 0.229 e. The molecule has 2 saturated carbocycles. The van der Waals surface area contributed by atoms with Crippen molar-refractivity contribution in [2.45, 2.75) is 39.2 Å². The van der Waals surface area contributed by atoms with Gasteiger partial charge in [0.1, 0.15) is 0 Å². The molecule has 0 spiro atoms. The quantitative estimate of drug-likeness (QED) is 0.710. The number of aromatic nitrogens is 2. The van der Waals surface area contributed by atoms with Crippen LogP contribution in [0.4, 0.5) is 21.8 Å². The zero-order chi connectivity index (χ0) is 19.8. The molecule has 0 radical (unpaired) electrons. The number of nitrogens with zero attached hydrogens (tertiary/aromatic N) is 2. The molecule has 1 aromatic heterocycles. The topological polar surface area (TPSA) is 92.9 Å². The van der Waals surface area contributed by atoms with Crippen molar-refractivity contribution in [3.8, 4) is 0 Å². The minimum absolute atomic E-state index is 0.111. The van der Waals surface area contributed by atoms with Crippen LogP contribution in [-0.2, 0) is 11.2 Å². The lowest BCUT2D eigenvalue weighted by molar-refractivity contribution is -0.123. The minimum atomic E-state index is -0.536. The number of amides is 1. The summed E-state index contributed by atoms with van der Waals surface area (Å²) < 4.78 is 14.4. The van der Waals surface area contributed by atoms with E-state index in [0.29, 0.717) is 17.8 Å². The predicted molar refractivity (Wildman–Crippen MR) is 107 cm³/mol. The van der Waals surface area contributed by atoms with Crippen LogP contribution in [0.2, 0.25) is 0 Å². The second-order valence-electron chi connectivity index (χ2n) is 8.04. The Hall–Kier alpha value is -2.70. The number of hydrogen-bond donors (Lipinski definition) is 3. The van der Waals surface area contributed by atoms with E-state index in [-0.39, 0.29) is 29.6 Å². The van der Waals surface area contributed by atoms with Gasteiger partial charge in [-0.3, -0.25) is 4.79 Å². The molecule has 2 fully saturated rings. The molecule has 4 N–H and O–H groups in total. The molecule has 7 heteroatoms. The maximum atomic E-state index is 14.4. The monoisotopic (exact) mass is 383 g/mol. The maximum absolute atomic E-state index is 14.4. The number of nitrogens with two attached hydrogens (primary N) is 1. The third-order valence-electron chi connectivity index (χ3n) is 6.30. The lowest BCUT2D eigenvalue weighted by atomic mass is 9.78. The van der Waals surface area contributed by atoms with Crippen molar-refractivity contribution in [1.29, 1.82) is 0 Å². The molecule has 1 heterocycles. The predicted octanol–water partition coefficient (Wildman–Crippen LogP) is 3.48. The Morgan fingerprint density at radius 1 is 1.36 bits per heavy atom. The van der Waals surface area contributed by atoms with E-state index in [0.717, 1.165) is 31.1 Å². The van der Waals surface area contributed by atoms with Crippen LogP contribution in [0, 0.1) is 29.5 Å². The summed E-state index contributed by atoms with van der Waals surface area (Å²) in [5, 5.41) is 6.31. The summed E-state index contributed by atoms with van der Waals surface area (Å²) in [6.07, 6.45) is 4.03. The molecule has 2 bridgehead atoms. The van der Waals surface area contributed by atoms with Gasteiger partial charge in [-0.2, -0.15) is 4.98 Å². The molecule has 0 saturated heterocycles. The number of primary amides is 1. The van der Waals surface area contributed by atoms with Gasteiger partial charge >= 0.3 is 0 Å². The number of aryl methyl sites for hydroxylation is 1. The SMILES string of the molecule is CCc1cccc(Nc2ncc(F)c(NC3C4CC(CC4C)C3C(N)=O)n2)c1. The maximum Gasteiger partial charge on any atom is 0.229 e. The van der Waals surface area contributed by atoms with Gasteiger partial charge in [0.15, 0.2) is 11.6 Å². The molecule has 2 aromatic rings. The number of fused-ring (bicyclic) bond motifs is 2. The van der Waals surface area contributed by atoms with Crippen LogP contribution in [0.25, 0.3) is 0 Å². The molecule has 148 valence electrons. The number of hydrogen-bond acceptors (Lipinski definition) is 5. The minimum Gasteiger partial charge on any atom is -0.369 e. The molecule has 2 aliphatic rings. The lowest BCUT2D eigenvalue weighted by Crippen LogP contribution is -2.44. The Labute approximate surface area is 164 Å². The van der Waals surface area contributed by atoms with Gasteiger partial charge in [0.2, 0.25) is 11.9 Å². The molecule has 2 aliphatic carbocycles. The van der Waals surface area contributed by atoms with Crippen LogP contribution in [0.5, 0.6) is 0 Å². The van der Waals surface area contributed by atoms with Gasteiger partial charge in [-0.05, 0) is 54.7 Å². The summed E-state index contributed by atoms with van der Waals surface area (Å²) in [5.41, 5.74) is 7.69. The van der Waals surface area contributed by atoms with Crippen molar-refractivity contribution in [3.63, 3.8) is 0 Å². The Bertz CT molecular complexity index is 889. The second kappa shape index (κ2) is 7.37. The van der Waals surface area contributed by atoms with Crippen molar-refractivity contribution in [3.05, 3.63) is 41.8 Å². The summed E-state index contributed by atoms with van der Waals surface area (Å²) in [5.74, 6) is 0.339. The van der Waals surface area contributed by atoms with Gasteiger partial charge < -0.3 is 16.4 Å². The van der Waals surface area contributed by atoms with Crippen LogP contribution in [-0.4, -0.2) is 21.9 Å². The average molecular weight is 383 g/mol. The fraction of sp³-hybridized carbons (Fsp3) is 0.476. The first-order valence-electron chi connectivity index (χ1n) is 9.90. The Morgan fingerprint density at radius 3 is 2.93 bits per heavy atom. The highest BCUT2D eigenvalue weighted by Gasteiger charge is 2.53. The number of benzene rings is 1. The van der Waals surface area contributed by atoms with Gasteiger partial charge in [-0.1, -0.05) is 26.0 Å². The number of anilines is 3. The molecular weight excluding hydrogens is 357 g/mol. The van der Waals surface area contributed by atoms with Gasteiger partial charge in [0.05, 0.1) is 12.1 Å². The van der Waals surface area contributed by atoms with Crippen LogP contribution in [0.3, 0.4) is 0 Å². The highest BCUT2D eigenvalue weighted by molar-refractivity contribution is 5.79. The molecule has 4 rings (SSSR count). The molecule has 5 atom stereocenters. The molecule has 5 unspecified atom stereocenters. The number of carbonyl (C=O) groups is 1. The van der Waals surface area contributed by atoms with Gasteiger partial charge in [-0.25, -0.2) is 9.37 Å². The first kappa shape index (κ1) is 18.7. The highest BCUT2D eigenvalue weighted by atomic mass is 19.1. The summed E-state index contributed by atoms with van der Waals surface area (Å²) in [6, 6.07) is 7.74. The van der Waals surface area contributed by atoms with Gasteiger partial charge in [-0.15, -0.1) is 0 Å². The third-order valence-corrected chi connectivity index (χ3v) is 6.30. The summed E-state index contributed by atoms with van der Waals surface area (Å²) in [7, 11) is 0. The first-order valence-corrected chi connectivity index (χ1v) is 9.90. The van der Waals surface area contributed by atoms with Crippen LogP contribution in [0.1, 0.15) is 32.3 Å². The fourth-order valence-corrected chi connectivity index (χ4v) is 4.97. The number of halogens is 1. The Kier molecular flexibility index (Phi) is 4.91. The van der Waals surface area contributed by atoms with Gasteiger partial charge in [0.25, 0.3) is 0 Å². The molecule has 6 nitrogen and oxygen atoms in total. The van der Waals surface area contributed by atoms with Crippen molar-refractivity contribution >= 4 is 23.4 Å². The zero-order valence-electron chi connectivity index (χ0n) is 16.2. The van der Waals surface area contributed by atoms with Crippen molar-refractivity contribution in [1.82, 2.24) is 9.97 Å². The molecule has 1 aromatic carbocycles. The van der Waals surface area contributed by atoms with E-state index in [1.807, 2.05) is 24.3 Å².